The maximum Gasteiger partial charge on any atom is 0.243 e. The van der Waals surface area contributed by atoms with E-state index in [2.05, 4.69) is 5.32 Å². The number of rotatable bonds is 3. The first kappa shape index (κ1) is 14.8. The Hall–Kier alpha value is -1.60. The minimum atomic E-state index is -3.54. The van der Waals surface area contributed by atoms with Gasteiger partial charge < -0.3 is 11.1 Å². The van der Waals surface area contributed by atoms with E-state index in [9.17, 15) is 13.2 Å². The summed E-state index contributed by atoms with van der Waals surface area (Å²) < 4.78 is 26.4. The molecule has 0 aliphatic carbocycles. The quantitative estimate of drug-likeness (QED) is 0.794. The highest BCUT2D eigenvalue weighted by molar-refractivity contribution is 7.89. The van der Waals surface area contributed by atoms with Gasteiger partial charge in [0.15, 0.2) is 0 Å². The first-order chi connectivity index (χ1) is 9.30. The van der Waals surface area contributed by atoms with E-state index in [0.29, 0.717) is 25.2 Å². The molecular formula is C13H19N3O3S. The van der Waals surface area contributed by atoms with Gasteiger partial charge in [-0.05, 0) is 31.0 Å². The highest BCUT2D eigenvalue weighted by atomic mass is 32.2. The number of nitrogens with zero attached hydrogens (tertiary/aromatic N) is 1. The highest BCUT2D eigenvalue weighted by Crippen LogP contribution is 2.24. The van der Waals surface area contributed by atoms with E-state index in [1.165, 1.54) is 17.3 Å². The maximum absolute atomic E-state index is 12.5. The molecule has 6 nitrogen and oxygen atoms in total. The summed E-state index contributed by atoms with van der Waals surface area (Å²) in [6, 6.07) is 4.62. The Morgan fingerprint density at radius 3 is 2.75 bits per heavy atom. The third kappa shape index (κ3) is 2.94. The minimum absolute atomic E-state index is 0.120. The van der Waals surface area contributed by atoms with Crippen LogP contribution >= 0.6 is 0 Å². The average molecular weight is 297 g/mol. The van der Waals surface area contributed by atoms with E-state index in [4.69, 9.17) is 5.73 Å². The van der Waals surface area contributed by atoms with Crippen molar-refractivity contribution in [1.82, 2.24) is 9.62 Å². The fourth-order valence-corrected chi connectivity index (χ4v) is 3.82. The molecule has 1 unspecified atom stereocenters. The Bertz CT molecular complexity index is 628. The van der Waals surface area contributed by atoms with Gasteiger partial charge in [-0.2, -0.15) is 4.31 Å². The normalized spacial score (nSPS) is 20.0. The van der Waals surface area contributed by atoms with Crippen molar-refractivity contribution >= 4 is 21.6 Å². The molecule has 0 aromatic heterocycles. The Morgan fingerprint density at radius 2 is 2.15 bits per heavy atom. The van der Waals surface area contributed by atoms with E-state index in [0.717, 1.165) is 5.56 Å². The van der Waals surface area contributed by atoms with E-state index in [1.54, 1.807) is 12.1 Å². The number of benzene rings is 1. The molecule has 1 heterocycles. The van der Waals surface area contributed by atoms with Gasteiger partial charge in [-0.3, -0.25) is 4.79 Å². The van der Waals surface area contributed by atoms with Crippen LogP contribution < -0.4 is 11.1 Å². The van der Waals surface area contributed by atoms with Crippen LogP contribution in [0.15, 0.2) is 23.1 Å². The Balaban J connectivity index is 2.19. The number of sulfonamides is 1. The molecule has 110 valence electrons. The SMILES string of the molecule is CC(=O)NC1CCN(S(=O)(=O)c2ccc(C)c(N)c2)C1. The van der Waals surface area contributed by atoms with Crippen LogP contribution in [0.1, 0.15) is 18.9 Å². The van der Waals surface area contributed by atoms with Crippen molar-refractivity contribution in [3.63, 3.8) is 0 Å². The summed E-state index contributed by atoms with van der Waals surface area (Å²) in [6.45, 7) is 3.96. The lowest BCUT2D eigenvalue weighted by Crippen LogP contribution is -2.37. The largest absolute Gasteiger partial charge is 0.398 e. The van der Waals surface area contributed by atoms with Gasteiger partial charge in [-0.15, -0.1) is 0 Å². The summed E-state index contributed by atoms with van der Waals surface area (Å²) in [6.07, 6.45) is 0.625. The number of carbonyl (C=O) groups excluding carboxylic acids is 1. The molecule has 0 radical (unpaired) electrons. The van der Waals surface area contributed by atoms with Crippen LogP contribution in [-0.4, -0.2) is 37.8 Å². The third-order valence-electron chi connectivity index (χ3n) is 3.45. The molecule has 20 heavy (non-hydrogen) atoms. The van der Waals surface area contributed by atoms with Crippen molar-refractivity contribution in [3.8, 4) is 0 Å². The second-order valence-electron chi connectivity index (χ2n) is 5.07. The van der Waals surface area contributed by atoms with Gasteiger partial charge in [0, 0.05) is 31.7 Å². The molecule has 0 spiro atoms. The van der Waals surface area contributed by atoms with Gasteiger partial charge in [-0.1, -0.05) is 6.07 Å². The zero-order chi connectivity index (χ0) is 14.9. The molecule has 0 bridgehead atoms. The van der Waals surface area contributed by atoms with Gasteiger partial charge >= 0.3 is 0 Å². The lowest BCUT2D eigenvalue weighted by molar-refractivity contribution is -0.119. The van der Waals surface area contributed by atoms with Crippen molar-refractivity contribution in [2.24, 2.45) is 0 Å². The van der Waals surface area contributed by atoms with Crippen molar-refractivity contribution in [3.05, 3.63) is 23.8 Å². The number of anilines is 1. The molecule has 1 aromatic rings. The zero-order valence-corrected chi connectivity index (χ0v) is 12.4. The number of nitrogens with one attached hydrogen (secondary N) is 1. The molecule has 1 amide bonds. The molecule has 2 rings (SSSR count). The van der Waals surface area contributed by atoms with Gasteiger partial charge in [-0.25, -0.2) is 8.42 Å². The summed E-state index contributed by atoms with van der Waals surface area (Å²) in [5.74, 6) is -0.145. The summed E-state index contributed by atoms with van der Waals surface area (Å²) in [7, 11) is -3.54. The van der Waals surface area contributed by atoms with Gasteiger partial charge in [0.05, 0.1) is 4.90 Å². The molecule has 1 aliphatic rings. The number of nitrogen functional groups attached to an aromatic ring is 1. The van der Waals surface area contributed by atoms with E-state index in [1.807, 2.05) is 6.92 Å². The summed E-state index contributed by atoms with van der Waals surface area (Å²) in [5.41, 5.74) is 7.08. The van der Waals surface area contributed by atoms with E-state index in [-0.39, 0.29) is 16.8 Å². The molecule has 0 saturated carbocycles. The first-order valence-electron chi connectivity index (χ1n) is 6.44. The number of hydrogen-bond acceptors (Lipinski definition) is 4. The molecule has 7 heteroatoms. The maximum atomic E-state index is 12.5. The fraction of sp³-hybridized carbons (Fsp3) is 0.462. The van der Waals surface area contributed by atoms with Crippen LogP contribution in [0, 0.1) is 6.92 Å². The molecular weight excluding hydrogens is 278 g/mol. The van der Waals surface area contributed by atoms with Crippen molar-refractivity contribution in [2.45, 2.75) is 31.2 Å². The molecule has 1 atom stereocenters. The van der Waals surface area contributed by atoms with Crippen molar-refractivity contribution < 1.29 is 13.2 Å². The number of carbonyl (C=O) groups is 1. The first-order valence-corrected chi connectivity index (χ1v) is 7.88. The van der Waals surface area contributed by atoms with Crippen molar-refractivity contribution in [2.75, 3.05) is 18.8 Å². The van der Waals surface area contributed by atoms with Crippen LogP contribution in [0.5, 0.6) is 0 Å². The predicted molar refractivity (Wildman–Crippen MR) is 76.6 cm³/mol. The van der Waals surface area contributed by atoms with Crippen LogP contribution in [0.2, 0.25) is 0 Å². The number of amides is 1. The Morgan fingerprint density at radius 1 is 1.45 bits per heavy atom. The molecule has 1 fully saturated rings. The smallest absolute Gasteiger partial charge is 0.243 e. The van der Waals surface area contributed by atoms with E-state index >= 15 is 0 Å². The summed E-state index contributed by atoms with van der Waals surface area (Å²) >= 11 is 0. The van der Waals surface area contributed by atoms with Crippen LogP contribution in [0.3, 0.4) is 0 Å². The standard InChI is InChI=1S/C13H19N3O3S/c1-9-3-4-12(7-13(9)14)20(18,19)16-6-5-11(8-16)15-10(2)17/h3-4,7,11H,5-6,8,14H2,1-2H3,(H,15,17). The van der Waals surface area contributed by atoms with Crippen LogP contribution in [0.4, 0.5) is 5.69 Å². The number of hydrogen-bond donors (Lipinski definition) is 2. The molecule has 1 aliphatic heterocycles. The Labute approximate surface area is 119 Å². The predicted octanol–water partition coefficient (Wildman–Crippen LogP) is 0.476. The Kier molecular flexibility index (Phi) is 4.01. The molecule has 1 aromatic carbocycles. The second-order valence-corrected chi connectivity index (χ2v) is 7.01. The zero-order valence-electron chi connectivity index (χ0n) is 11.6. The minimum Gasteiger partial charge on any atom is -0.398 e. The molecule has 1 saturated heterocycles. The third-order valence-corrected chi connectivity index (χ3v) is 5.31. The monoisotopic (exact) mass is 297 g/mol. The van der Waals surface area contributed by atoms with Crippen LogP contribution in [-0.2, 0) is 14.8 Å². The second kappa shape index (κ2) is 5.41. The van der Waals surface area contributed by atoms with Gasteiger partial charge in [0.1, 0.15) is 0 Å². The number of aryl methyl sites for hydroxylation is 1. The highest BCUT2D eigenvalue weighted by Gasteiger charge is 2.32. The fourth-order valence-electron chi connectivity index (χ4n) is 2.28. The lowest BCUT2D eigenvalue weighted by atomic mass is 10.2. The van der Waals surface area contributed by atoms with Gasteiger partial charge in [0.25, 0.3) is 0 Å². The lowest BCUT2D eigenvalue weighted by Gasteiger charge is -2.17. The van der Waals surface area contributed by atoms with Crippen LogP contribution in [0.25, 0.3) is 0 Å². The summed E-state index contributed by atoms with van der Waals surface area (Å²) in [4.78, 5) is 11.2. The molecule has 3 N–H and O–H groups in total. The van der Waals surface area contributed by atoms with Crippen molar-refractivity contribution in [1.29, 1.82) is 0 Å². The summed E-state index contributed by atoms with van der Waals surface area (Å²) in [5, 5.41) is 2.75. The average Bonchev–Trinajstić information content (AvgIpc) is 2.80. The topological polar surface area (TPSA) is 92.5 Å². The van der Waals surface area contributed by atoms with Gasteiger partial charge in [0.2, 0.25) is 15.9 Å². The van der Waals surface area contributed by atoms with E-state index < -0.39 is 10.0 Å². The number of nitrogens with two attached hydrogens (primary N) is 1.